The van der Waals surface area contributed by atoms with E-state index in [4.69, 9.17) is 9.47 Å². The standard InChI is InChI=1S/C24H30N2O4/c1-2-29-16-17-30-22-13-6-5-12-21(22)23(27)25-20-11-9-10-19(18-20)24(28)26-14-7-3-4-8-15-26/h5-6,9-13,18H,2-4,7-8,14-17H2,1H3,(H,25,27). The van der Waals surface area contributed by atoms with E-state index in [0.717, 1.165) is 25.9 Å². The molecule has 0 aliphatic carbocycles. The van der Waals surface area contributed by atoms with Crippen LogP contribution in [0.1, 0.15) is 53.3 Å². The zero-order valence-electron chi connectivity index (χ0n) is 17.6. The van der Waals surface area contributed by atoms with Crippen molar-refractivity contribution in [3.05, 3.63) is 59.7 Å². The summed E-state index contributed by atoms with van der Waals surface area (Å²) in [6.07, 6.45) is 4.43. The Morgan fingerprint density at radius 2 is 1.73 bits per heavy atom. The Morgan fingerprint density at radius 3 is 2.50 bits per heavy atom. The first kappa shape index (κ1) is 21.8. The molecule has 1 saturated heterocycles. The molecule has 1 aliphatic rings. The number of ether oxygens (including phenoxy) is 2. The van der Waals surface area contributed by atoms with Crippen LogP contribution in [0.3, 0.4) is 0 Å². The molecule has 0 aromatic heterocycles. The number of hydrogen-bond donors (Lipinski definition) is 1. The first-order valence-corrected chi connectivity index (χ1v) is 10.7. The van der Waals surface area contributed by atoms with Gasteiger partial charge in [-0.25, -0.2) is 0 Å². The Kier molecular flexibility index (Phi) is 8.27. The number of nitrogens with one attached hydrogen (secondary N) is 1. The van der Waals surface area contributed by atoms with Crippen molar-refractivity contribution in [2.75, 3.05) is 38.2 Å². The predicted octanol–water partition coefficient (Wildman–Crippen LogP) is 4.37. The highest BCUT2D eigenvalue weighted by atomic mass is 16.5. The number of hydrogen-bond acceptors (Lipinski definition) is 4. The van der Waals surface area contributed by atoms with E-state index < -0.39 is 0 Å². The van der Waals surface area contributed by atoms with E-state index in [1.165, 1.54) is 12.8 Å². The second-order valence-electron chi connectivity index (χ2n) is 7.28. The van der Waals surface area contributed by atoms with Gasteiger partial charge in [-0.3, -0.25) is 9.59 Å². The molecule has 6 nitrogen and oxygen atoms in total. The molecule has 0 bridgehead atoms. The molecular weight excluding hydrogens is 380 g/mol. The molecule has 1 heterocycles. The fraction of sp³-hybridized carbons (Fsp3) is 0.417. The van der Waals surface area contributed by atoms with Crippen LogP contribution in [-0.2, 0) is 4.74 Å². The first-order chi connectivity index (χ1) is 14.7. The summed E-state index contributed by atoms with van der Waals surface area (Å²) in [6, 6.07) is 14.2. The molecule has 0 spiro atoms. The van der Waals surface area contributed by atoms with Gasteiger partial charge in [-0.15, -0.1) is 0 Å². The lowest BCUT2D eigenvalue weighted by atomic mass is 10.1. The van der Waals surface area contributed by atoms with Crippen LogP contribution in [0.2, 0.25) is 0 Å². The third-order valence-corrected chi connectivity index (χ3v) is 5.08. The maximum Gasteiger partial charge on any atom is 0.259 e. The molecule has 0 unspecified atom stereocenters. The monoisotopic (exact) mass is 410 g/mol. The predicted molar refractivity (Wildman–Crippen MR) is 117 cm³/mol. The minimum atomic E-state index is -0.276. The number of para-hydroxylation sites is 1. The van der Waals surface area contributed by atoms with Gasteiger partial charge in [-0.05, 0) is 50.1 Å². The van der Waals surface area contributed by atoms with Crippen LogP contribution in [0.25, 0.3) is 0 Å². The van der Waals surface area contributed by atoms with Gasteiger partial charge in [0.2, 0.25) is 0 Å². The zero-order chi connectivity index (χ0) is 21.2. The van der Waals surface area contributed by atoms with Gasteiger partial charge >= 0.3 is 0 Å². The van der Waals surface area contributed by atoms with Crippen LogP contribution in [0.15, 0.2) is 48.5 Å². The highest BCUT2D eigenvalue weighted by molar-refractivity contribution is 6.06. The van der Waals surface area contributed by atoms with Crippen LogP contribution in [0, 0.1) is 0 Å². The number of carbonyl (C=O) groups is 2. The number of rotatable bonds is 8. The lowest BCUT2D eigenvalue weighted by Crippen LogP contribution is -2.31. The fourth-order valence-electron chi connectivity index (χ4n) is 3.52. The smallest absolute Gasteiger partial charge is 0.259 e. The summed E-state index contributed by atoms with van der Waals surface area (Å²) in [5.41, 5.74) is 1.62. The number of nitrogens with zero attached hydrogens (tertiary/aromatic N) is 1. The summed E-state index contributed by atoms with van der Waals surface area (Å²) in [6.45, 7) is 4.97. The second kappa shape index (κ2) is 11.4. The highest BCUT2D eigenvalue weighted by Crippen LogP contribution is 2.21. The van der Waals surface area contributed by atoms with E-state index in [0.29, 0.717) is 42.4 Å². The van der Waals surface area contributed by atoms with Crippen LogP contribution in [0.4, 0.5) is 5.69 Å². The number of amides is 2. The average Bonchev–Trinajstić information content (AvgIpc) is 3.06. The zero-order valence-corrected chi connectivity index (χ0v) is 17.6. The van der Waals surface area contributed by atoms with E-state index in [-0.39, 0.29) is 11.8 Å². The van der Waals surface area contributed by atoms with Crippen molar-refractivity contribution >= 4 is 17.5 Å². The van der Waals surface area contributed by atoms with E-state index in [1.807, 2.05) is 17.9 Å². The van der Waals surface area contributed by atoms with Crippen molar-refractivity contribution in [3.8, 4) is 5.75 Å². The number of benzene rings is 2. The minimum absolute atomic E-state index is 0.0210. The van der Waals surface area contributed by atoms with E-state index in [1.54, 1.807) is 42.5 Å². The lowest BCUT2D eigenvalue weighted by molar-refractivity contribution is 0.0761. The van der Waals surface area contributed by atoms with Crippen molar-refractivity contribution < 1.29 is 19.1 Å². The Labute approximate surface area is 178 Å². The van der Waals surface area contributed by atoms with Gasteiger partial charge in [0.1, 0.15) is 12.4 Å². The molecule has 2 aromatic rings. The van der Waals surface area contributed by atoms with Crippen molar-refractivity contribution in [2.24, 2.45) is 0 Å². The quantitative estimate of drug-likeness (QED) is 0.656. The van der Waals surface area contributed by atoms with E-state index in [2.05, 4.69) is 5.32 Å². The topological polar surface area (TPSA) is 67.9 Å². The first-order valence-electron chi connectivity index (χ1n) is 10.7. The molecule has 0 atom stereocenters. The SMILES string of the molecule is CCOCCOc1ccccc1C(=O)Nc1cccc(C(=O)N2CCCCCC2)c1. The van der Waals surface area contributed by atoms with Gasteiger partial charge in [0, 0.05) is 30.9 Å². The maximum absolute atomic E-state index is 12.9. The summed E-state index contributed by atoms with van der Waals surface area (Å²) >= 11 is 0. The van der Waals surface area contributed by atoms with Crippen LogP contribution in [-0.4, -0.2) is 49.6 Å². The van der Waals surface area contributed by atoms with Crippen LogP contribution >= 0.6 is 0 Å². The fourth-order valence-corrected chi connectivity index (χ4v) is 3.52. The van der Waals surface area contributed by atoms with Gasteiger partial charge in [0.05, 0.1) is 12.2 Å². The molecule has 1 N–H and O–H groups in total. The highest BCUT2D eigenvalue weighted by Gasteiger charge is 2.18. The third-order valence-electron chi connectivity index (χ3n) is 5.08. The molecule has 6 heteroatoms. The number of anilines is 1. The molecule has 3 rings (SSSR count). The largest absolute Gasteiger partial charge is 0.490 e. The molecule has 1 fully saturated rings. The number of carbonyl (C=O) groups excluding carboxylic acids is 2. The molecule has 1 aliphatic heterocycles. The van der Waals surface area contributed by atoms with E-state index in [9.17, 15) is 9.59 Å². The Hall–Kier alpha value is -2.86. The van der Waals surface area contributed by atoms with Crippen molar-refractivity contribution in [1.29, 1.82) is 0 Å². The summed E-state index contributed by atoms with van der Waals surface area (Å²) < 4.78 is 11.0. The molecule has 160 valence electrons. The summed E-state index contributed by atoms with van der Waals surface area (Å²) in [7, 11) is 0. The second-order valence-corrected chi connectivity index (χ2v) is 7.28. The average molecular weight is 411 g/mol. The van der Waals surface area contributed by atoms with Gasteiger partial charge in [0.25, 0.3) is 11.8 Å². The molecule has 2 amide bonds. The number of likely N-dealkylation sites (tertiary alicyclic amines) is 1. The maximum atomic E-state index is 12.9. The minimum Gasteiger partial charge on any atom is -0.490 e. The molecule has 0 radical (unpaired) electrons. The van der Waals surface area contributed by atoms with Crippen LogP contribution < -0.4 is 10.1 Å². The Balaban J connectivity index is 1.67. The Bertz CT molecular complexity index is 845. The van der Waals surface area contributed by atoms with Crippen LogP contribution in [0.5, 0.6) is 5.75 Å². The van der Waals surface area contributed by atoms with Gasteiger partial charge < -0.3 is 19.7 Å². The summed E-state index contributed by atoms with van der Waals surface area (Å²) in [5.74, 6) is 0.250. The summed E-state index contributed by atoms with van der Waals surface area (Å²) in [5, 5.41) is 2.89. The van der Waals surface area contributed by atoms with E-state index >= 15 is 0 Å². The summed E-state index contributed by atoms with van der Waals surface area (Å²) in [4.78, 5) is 27.6. The molecule has 30 heavy (non-hydrogen) atoms. The van der Waals surface area contributed by atoms with Gasteiger partial charge in [-0.2, -0.15) is 0 Å². The van der Waals surface area contributed by atoms with Gasteiger partial charge in [-0.1, -0.05) is 31.0 Å². The van der Waals surface area contributed by atoms with Gasteiger partial charge in [0.15, 0.2) is 0 Å². The van der Waals surface area contributed by atoms with Crippen molar-refractivity contribution in [2.45, 2.75) is 32.6 Å². The molecule has 0 saturated carbocycles. The Morgan fingerprint density at radius 1 is 0.967 bits per heavy atom. The normalized spacial score (nSPS) is 14.1. The lowest BCUT2D eigenvalue weighted by Gasteiger charge is -2.20. The molecule has 2 aromatic carbocycles. The third kappa shape index (κ3) is 6.07. The van der Waals surface area contributed by atoms with Crippen molar-refractivity contribution in [1.82, 2.24) is 4.90 Å². The van der Waals surface area contributed by atoms with Crippen molar-refractivity contribution in [3.63, 3.8) is 0 Å². The molecular formula is C24H30N2O4.